The van der Waals surface area contributed by atoms with E-state index < -0.39 is 28.5 Å². The summed E-state index contributed by atoms with van der Waals surface area (Å²) in [5, 5.41) is 10.9. The zero-order chi connectivity index (χ0) is 18.7. The molecule has 2 aromatic carbocycles. The molecule has 10 heteroatoms. The van der Waals surface area contributed by atoms with Gasteiger partial charge in [0.2, 0.25) is 6.10 Å². The molecule has 0 saturated carbocycles. The second-order valence-electron chi connectivity index (χ2n) is 5.34. The quantitative estimate of drug-likeness (QED) is 0.417. The highest BCUT2D eigenvalue weighted by Gasteiger charge is 2.27. The van der Waals surface area contributed by atoms with Crippen LogP contribution in [0.4, 0.5) is 11.4 Å². The lowest BCUT2D eigenvalue weighted by Gasteiger charge is -2.25. The van der Waals surface area contributed by atoms with Gasteiger partial charge in [-0.25, -0.2) is 0 Å². The molecule has 0 radical (unpaired) electrons. The molecular formula is C16H14N4O6. The summed E-state index contributed by atoms with van der Waals surface area (Å²) >= 11 is 0. The number of anilines is 1. The summed E-state index contributed by atoms with van der Waals surface area (Å²) in [7, 11) is 0. The second kappa shape index (κ2) is 6.97. The number of nitro benzene ring substituents is 1. The highest BCUT2D eigenvalue weighted by Crippen LogP contribution is 2.30. The Bertz CT molecular complexity index is 885. The SMILES string of the molecule is Nc1ccc(C(=O)NNC(=O)[C@@H]2COc3ccccc3O2)cc1[N+](=O)[O-]. The summed E-state index contributed by atoms with van der Waals surface area (Å²) in [6.45, 7) is -0.0218. The number of carbonyl (C=O) groups is 2. The van der Waals surface area contributed by atoms with Crippen molar-refractivity contribution >= 4 is 23.2 Å². The number of hydrazine groups is 1. The number of hydrogen-bond acceptors (Lipinski definition) is 7. The molecule has 134 valence electrons. The van der Waals surface area contributed by atoms with Crippen LogP contribution in [0, 0.1) is 10.1 Å². The average molecular weight is 358 g/mol. The Labute approximate surface area is 147 Å². The van der Waals surface area contributed by atoms with E-state index in [9.17, 15) is 19.7 Å². The topological polar surface area (TPSA) is 146 Å². The Balaban J connectivity index is 1.61. The number of ether oxygens (including phenoxy) is 2. The van der Waals surface area contributed by atoms with E-state index >= 15 is 0 Å². The van der Waals surface area contributed by atoms with Gasteiger partial charge in [-0.1, -0.05) is 12.1 Å². The molecule has 4 N–H and O–H groups in total. The number of nitrogens with one attached hydrogen (secondary N) is 2. The van der Waals surface area contributed by atoms with E-state index in [0.29, 0.717) is 11.5 Å². The van der Waals surface area contributed by atoms with Crippen LogP contribution in [0.5, 0.6) is 11.5 Å². The van der Waals surface area contributed by atoms with E-state index in [1.54, 1.807) is 24.3 Å². The fourth-order valence-corrected chi connectivity index (χ4v) is 2.26. The van der Waals surface area contributed by atoms with Crippen LogP contribution >= 0.6 is 0 Å². The fourth-order valence-electron chi connectivity index (χ4n) is 2.26. The number of nitro groups is 1. The van der Waals surface area contributed by atoms with Gasteiger partial charge in [-0.15, -0.1) is 0 Å². The normalized spacial score (nSPS) is 15.0. The van der Waals surface area contributed by atoms with E-state index in [-0.39, 0.29) is 17.9 Å². The third-order valence-corrected chi connectivity index (χ3v) is 3.59. The second-order valence-corrected chi connectivity index (χ2v) is 5.34. The fraction of sp³-hybridized carbons (Fsp3) is 0.125. The van der Waals surface area contributed by atoms with Gasteiger partial charge >= 0.3 is 0 Å². The first-order valence-electron chi connectivity index (χ1n) is 7.48. The van der Waals surface area contributed by atoms with E-state index in [0.717, 1.165) is 6.07 Å². The maximum Gasteiger partial charge on any atom is 0.292 e. The lowest BCUT2D eigenvalue weighted by Crippen LogP contribution is -2.50. The number of benzene rings is 2. The molecule has 10 nitrogen and oxygen atoms in total. The van der Waals surface area contributed by atoms with Crippen LogP contribution in [-0.2, 0) is 4.79 Å². The summed E-state index contributed by atoms with van der Waals surface area (Å²) in [6, 6.07) is 10.4. The zero-order valence-electron chi connectivity index (χ0n) is 13.3. The number of rotatable bonds is 3. The first-order chi connectivity index (χ1) is 12.5. The van der Waals surface area contributed by atoms with E-state index in [2.05, 4.69) is 10.9 Å². The zero-order valence-corrected chi connectivity index (χ0v) is 13.3. The Hall–Kier alpha value is -3.82. The van der Waals surface area contributed by atoms with Crippen molar-refractivity contribution in [2.75, 3.05) is 12.3 Å². The number of hydrogen-bond donors (Lipinski definition) is 3. The van der Waals surface area contributed by atoms with Crippen LogP contribution in [0.15, 0.2) is 42.5 Å². The summed E-state index contributed by atoms with van der Waals surface area (Å²) in [4.78, 5) is 34.3. The molecule has 0 aromatic heterocycles. The van der Waals surface area contributed by atoms with Gasteiger partial charge in [0.1, 0.15) is 12.3 Å². The van der Waals surface area contributed by atoms with Crippen LogP contribution in [0.3, 0.4) is 0 Å². The number of nitrogens with two attached hydrogens (primary N) is 1. The van der Waals surface area contributed by atoms with Gasteiger partial charge in [-0.05, 0) is 24.3 Å². The molecule has 0 spiro atoms. The summed E-state index contributed by atoms with van der Waals surface area (Å²) in [5.41, 5.74) is 9.35. The lowest BCUT2D eigenvalue weighted by atomic mass is 10.1. The van der Waals surface area contributed by atoms with Gasteiger partial charge in [0, 0.05) is 11.6 Å². The van der Waals surface area contributed by atoms with Crippen molar-refractivity contribution in [3.8, 4) is 11.5 Å². The molecule has 0 saturated heterocycles. The minimum Gasteiger partial charge on any atom is -0.485 e. The third-order valence-electron chi connectivity index (χ3n) is 3.59. The molecule has 2 aromatic rings. The molecule has 0 bridgehead atoms. The molecule has 1 aliphatic rings. The minimum atomic E-state index is -0.953. The number of carbonyl (C=O) groups excluding carboxylic acids is 2. The predicted molar refractivity (Wildman–Crippen MR) is 89.5 cm³/mol. The van der Waals surface area contributed by atoms with Crippen molar-refractivity contribution in [3.63, 3.8) is 0 Å². The first-order valence-corrected chi connectivity index (χ1v) is 7.48. The number of nitrogen functional groups attached to an aromatic ring is 1. The van der Waals surface area contributed by atoms with Gasteiger partial charge in [-0.2, -0.15) is 0 Å². The van der Waals surface area contributed by atoms with Crippen LogP contribution in [0.25, 0.3) is 0 Å². The van der Waals surface area contributed by atoms with E-state index in [1.807, 2.05) is 0 Å². The van der Waals surface area contributed by atoms with Gasteiger partial charge in [0.15, 0.2) is 11.5 Å². The highest BCUT2D eigenvalue weighted by atomic mass is 16.6. The summed E-state index contributed by atoms with van der Waals surface area (Å²) < 4.78 is 10.9. The number of para-hydroxylation sites is 2. The minimum absolute atomic E-state index is 0.0218. The third kappa shape index (κ3) is 3.48. The summed E-state index contributed by atoms with van der Waals surface area (Å²) in [6.07, 6.45) is -0.953. The molecule has 0 unspecified atom stereocenters. The number of amides is 2. The van der Waals surface area contributed by atoms with Crippen LogP contribution in [0.1, 0.15) is 10.4 Å². The van der Waals surface area contributed by atoms with Crippen LogP contribution < -0.4 is 26.1 Å². The Morgan fingerprint density at radius 1 is 1.15 bits per heavy atom. The monoisotopic (exact) mass is 358 g/mol. The molecule has 0 aliphatic carbocycles. The van der Waals surface area contributed by atoms with Crippen molar-refractivity contribution in [2.24, 2.45) is 0 Å². The standard InChI is InChI=1S/C16H14N4O6/c17-10-6-5-9(7-11(10)20(23)24)15(21)18-19-16(22)14-8-25-12-3-1-2-4-13(12)26-14/h1-7,14H,8,17H2,(H,18,21)(H,19,22)/t14-/m0/s1. The van der Waals surface area contributed by atoms with Crippen molar-refractivity contribution in [3.05, 3.63) is 58.1 Å². The van der Waals surface area contributed by atoms with Gasteiger partial charge in [0.05, 0.1) is 4.92 Å². The van der Waals surface area contributed by atoms with Crippen LogP contribution in [-0.4, -0.2) is 29.4 Å². The van der Waals surface area contributed by atoms with E-state index in [4.69, 9.17) is 15.2 Å². The average Bonchev–Trinajstić information content (AvgIpc) is 2.65. The molecule has 26 heavy (non-hydrogen) atoms. The Morgan fingerprint density at radius 2 is 1.88 bits per heavy atom. The van der Waals surface area contributed by atoms with Crippen molar-refractivity contribution in [2.45, 2.75) is 6.10 Å². The Kier molecular flexibility index (Phi) is 4.56. The van der Waals surface area contributed by atoms with Crippen molar-refractivity contribution < 1.29 is 24.0 Å². The molecule has 2 amide bonds. The van der Waals surface area contributed by atoms with Gasteiger partial charge in [-0.3, -0.25) is 30.6 Å². The van der Waals surface area contributed by atoms with Crippen LogP contribution in [0.2, 0.25) is 0 Å². The maximum atomic E-state index is 12.1. The number of fused-ring (bicyclic) bond motifs is 1. The Morgan fingerprint density at radius 3 is 2.62 bits per heavy atom. The molecule has 0 fully saturated rings. The smallest absolute Gasteiger partial charge is 0.292 e. The van der Waals surface area contributed by atoms with Crippen molar-refractivity contribution in [1.29, 1.82) is 0 Å². The van der Waals surface area contributed by atoms with E-state index in [1.165, 1.54) is 12.1 Å². The van der Waals surface area contributed by atoms with Gasteiger partial charge < -0.3 is 15.2 Å². The van der Waals surface area contributed by atoms with Gasteiger partial charge in [0.25, 0.3) is 17.5 Å². The van der Waals surface area contributed by atoms with Crippen molar-refractivity contribution in [1.82, 2.24) is 10.9 Å². The molecule has 1 aliphatic heterocycles. The first kappa shape index (κ1) is 17.0. The molecule has 1 atom stereocenters. The largest absolute Gasteiger partial charge is 0.485 e. The predicted octanol–water partition coefficient (Wildman–Crippen LogP) is 0.778. The maximum absolute atomic E-state index is 12.1. The number of nitrogens with zero attached hydrogens (tertiary/aromatic N) is 1. The molecule has 1 heterocycles. The molecule has 3 rings (SSSR count). The summed E-state index contributed by atoms with van der Waals surface area (Å²) in [5.74, 6) is -0.425. The molecular weight excluding hydrogens is 344 g/mol. The highest BCUT2D eigenvalue weighted by molar-refractivity contribution is 5.97. The lowest BCUT2D eigenvalue weighted by molar-refractivity contribution is -0.383.